The first kappa shape index (κ1) is 21.2. The Morgan fingerprint density at radius 1 is 1.21 bits per heavy atom. The van der Waals surface area contributed by atoms with Crippen molar-refractivity contribution in [1.29, 1.82) is 0 Å². The summed E-state index contributed by atoms with van der Waals surface area (Å²) in [4.78, 5) is 21.6. The SMILES string of the molecule is COc1cc(C)c(CN(C)C(=O)C2CCN(Cc3nccn3C)CC2)cc1OC. The number of benzene rings is 1. The van der Waals surface area contributed by atoms with E-state index < -0.39 is 0 Å². The number of hydrogen-bond acceptors (Lipinski definition) is 5. The van der Waals surface area contributed by atoms with Crippen LogP contribution in [0.25, 0.3) is 0 Å². The largest absolute Gasteiger partial charge is 0.493 e. The molecule has 0 spiro atoms. The molecule has 1 aromatic carbocycles. The third kappa shape index (κ3) is 4.90. The van der Waals surface area contributed by atoms with Gasteiger partial charge in [-0.3, -0.25) is 9.69 Å². The van der Waals surface area contributed by atoms with Crippen LogP contribution in [0.4, 0.5) is 0 Å². The van der Waals surface area contributed by atoms with Gasteiger partial charge in [-0.05, 0) is 56.1 Å². The summed E-state index contributed by atoms with van der Waals surface area (Å²) in [5.74, 6) is 2.77. The van der Waals surface area contributed by atoms with Gasteiger partial charge in [0.15, 0.2) is 11.5 Å². The number of likely N-dealkylation sites (tertiary alicyclic amines) is 1. The lowest BCUT2D eigenvalue weighted by molar-refractivity contribution is -0.136. The highest BCUT2D eigenvalue weighted by Gasteiger charge is 2.28. The second-order valence-corrected chi connectivity index (χ2v) is 7.83. The molecule has 1 saturated heterocycles. The van der Waals surface area contributed by atoms with Crippen molar-refractivity contribution >= 4 is 5.91 Å². The molecule has 1 aromatic heterocycles. The number of ether oxygens (including phenoxy) is 2. The van der Waals surface area contributed by atoms with Crippen LogP contribution in [0.15, 0.2) is 24.5 Å². The molecule has 1 fully saturated rings. The highest BCUT2D eigenvalue weighted by atomic mass is 16.5. The Hall–Kier alpha value is -2.54. The number of amides is 1. The van der Waals surface area contributed by atoms with Crippen molar-refractivity contribution in [3.8, 4) is 11.5 Å². The third-order valence-corrected chi connectivity index (χ3v) is 5.85. The lowest BCUT2D eigenvalue weighted by Crippen LogP contribution is -2.41. The molecule has 0 atom stereocenters. The number of aromatic nitrogens is 2. The predicted molar refractivity (Wildman–Crippen MR) is 112 cm³/mol. The number of hydrogen-bond donors (Lipinski definition) is 0. The molecule has 0 aliphatic carbocycles. The highest BCUT2D eigenvalue weighted by Crippen LogP contribution is 2.31. The number of carbonyl (C=O) groups excluding carboxylic acids is 1. The Balaban J connectivity index is 1.56. The van der Waals surface area contributed by atoms with Gasteiger partial charge in [-0.1, -0.05) is 0 Å². The molecule has 158 valence electrons. The number of aryl methyl sites for hydroxylation is 2. The number of nitrogens with zero attached hydrogens (tertiary/aromatic N) is 4. The first-order valence-electron chi connectivity index (χ1n) is 10.1. The quantitative estimate of drug-likeness (QED) is 0.715. The summed E-state index contributed by atoms with van der Waals surface area (Å²) in [5, 5.41) is 0. The minimum Gasteiger partial charge on any atom is -0.493 e. The number of piperidine rings is 1. The van der Waals surface area contributed by atoms with Gasteiger partial charge in [-0.15, -0.1) is 0 Å². The summed E-state index contributed by atoms with van der Waals surface area (Å²) in [5.41, 5.74) is 2.16. The molecule has 0 bridgehead atoms. The number of imidazole rings is 1. The monoisotopic (exact) mass is 400 g/mol. The molecule has 7 heteroatoms. The summed E-state index contributed by atoms with van der Waals surface area (Å²) in [6, 6.07) is 3.93. The smallest absolute Gasteiger partial charge is 0.225 e. The third-order valence-electron chi connectivity index (χ3n) is 5.85. The van der Waals surface area contributed by atoms with Crippen molar-refractivity contribution in [1.82, 2.24) is 19.4 Å². The van der Waals surface area contributed by atoms with Crippen molar-refractivity contribution < 1.29 is 14.3 Å². The van der Waals surface area contributed by atoms with Crippen LogP contribution < -0.4 is 9.47 Å². The van der Waals surface area contributed by atoms with Gasteiger partial charge in [0.05, 0.1) is 20.8 Å². The fourth-order valence-corrected chi connectivity index (χ4v) is 3.93. The summed E-state index contributed by atoms with van der Waals surface area (Å²) in [7, 11) is 7.17. The summed E-state index contributed by atoms with van der Waals surface area (Å²) >= 11 is 0. The minimum absolute atomic E-state index is 0.0815. The Kier molecular flexibility index (Phi) is 6.79. The maximum atomic E-state index is 13.0. The van der Waals surface area contributed by atoms with E-state index in [-0.39, 0.29) is 11.8 Å². The molecule has 3 rings (SSSR count). The molecular weight excluding hydrogens is 368 g/mol. The van der Waals surface area contributed by atoms with Crippen LogP contribution in [-0.4, -0.2) is 59.6 Å². The van der Waals surface area contributed by atoms with Gasteiger partial charge in [0.25, 0.3) is 0 Å². The molecule has 1 amide bonds. The first-order valence-corrected chi connectivity index (χ1v) is 10.1. The topological polar surface area (TPSA) is 59.8 Å². The van der Waals surface area contributed by atoms with E-state index in [0.717, 1.165) is 49.4 Å². The number of methoxy groups -OCH3 is 2. The number of carbonyl (C=O) groups is 1. The number of rotatable bonds is 7. The van der Waals surface area contributed by atoms with E-state index in [1.54, 1.807) is 14.2 Å². The summed E-state index contributed by atoms with van der Waals surface area (Å²) in [6.07, 6.45) is 5.57. The maximum absolute atomic E-state index is 13.0. The van der Waals surface area contributed by atoms with Gasteiger partial charge in [-0.2, -0.15) is 0 Å². The first-order chi connectivity index (χ1) is 13.9. The van der Waals surface area contributed by atoms with E-state index in [1.165, 1.54) is 0 Å². The Labute approximate surface area is 173 Å². The molecule has 2 heterocycles. The Morgan fingerprint density at radius 3 is 2.45 bits per heavy atom. The summed E-state index contributed by atoms with van der Waals surface area (Å²) < 4.78 is 12.8. The maximum Gasteiger partial charge on any atom is 0.225 e. The fourth-order valence-electron chi connectivity index (χ4n) is 3.93. The zero-order valence-electron chi connectivity index (χ0n) is 18.1. The Bertz CT molecular complexity index is 841. The average molecular weight is 401 g/mol. The van der Waals surface area contributed by atoms with E-state index in [4.69, 9.17) is 9.47 Å². The average Bonchev–Trinajstić information content (AvgIpc) is 3.13. The molecule has 29 heavy (non-hydrogen) atoms. The van der Waals surface area contributed by atoms with E-state index in [0.29, 0.717) is 18.0 Å². The minimum atomic E-state index is 0.0815. The zero-order chi connectivity index (χ0) is 21.0. The second kappa shape index (κ2) is 9.31. The van der Waals surface area contributed by atoms with Crippen molar-refractivity contribution in [2.24, 2.45) is 13.0 Å². The van der Waals surface area contributed by atoms with Crippen LogP contribution in [0.2, 0.25) is 0 Å². The molecular formula is C22H32N4O3. The van der Waals surface area contributed by atoms with Crippen molar-refractivity contribution in [3.63, 3.8) is 0 Å². The van der Waals surface area contributed by atoms with E-state index in [9.17, 15) is 4.79 Å². The van der Waals surface area contributed by atoms with Crippen LogP contribution in [-0.2, 0) is 24.9 Å². The fraction of sp³-hybridized carbons (Fsp3) is 0.545. The highest BCUT2D eigenvalue weighted by molar-refractivity contribution is 5.78. The Morgan fingerprint density at radius 2 is 1.86 bits per heavy atom. The van der Waals surface area contributed by atoms with Crippen LogP contribution in [0.3, 0.4) is 0 Å². The van der Waals surface area contributed by atoms with Gasteiger partial charge < -0.3 is 18.9 Å². The zero-order valence-corrected chi connectivity index (χ0v) is 18.1. The van der Waals surface area contributed by atoms with Crippen LogP contribution >= 0.6 is 0 Å². The van der Waals surface area contributed by atoms with Crippen molar-refractivity contribution in [3.05, 3.63) is 41.5 Å². The lowest BCUT2D eigenvalue weighted by Gasteiger charge is -2.33. The van der Waals surface area contributed by atoms with Gasteiger partial charge >= 0.3 is 0 Å². The molecule has 7 nitrogen and oxygen atoms in total. The molecule has 0 N–H and O–H groups in total. The van der Waals surface area contributed by atoms with E-state index >= 15 is 0 Å². The normalized spacial score (nSPS) is 15.3. The molecule has 0 radical (unpaired) electrons. The molecule has 2 aromatic rings. The van der Waals surface area contributed by atoms with Gasteiger partial charge in [0, 0.05) is 39.0 Å². The van der Waals surface area contributed by atoms with Gasteiger partial charge in [0.1, 0.15) is 5.82 Å². The van der Waals surface area contributed by atoms with Crippen LogP contribution in [0.1, 0.15) is 29.8 Å². The van der Waals surface area contributed by atoms with Crippen LogP contribution in [0, 0.1) is 12.8 Å². The van der Waals surface area contributed by atoms with Gasteiger partial charge in [-0.25, -0.2) is 4.98 Å². The second-order valence-electron chi connectivity index (χ2n) is 7.83. The molecule has 1 aliphatic rings. The van der Waals surface area contributed by atoms with Crippen LogP contribution in [0.5, 0.6) is 11.5 Å². The lowest BCUT2D eigenvalue weighted by atomic mass is 9.95. The van der Waals surface area contributed by atoms with Crippen molar-refractivity contribution in [2.75, 3.05) is 34.4 Å². The molecule has 0 unspecified atom stereocenters. The van der Waals surface area contributed by atoms with Crippen molar-refractivity contribution in [2.45, 2.75) is 32.9 Å². The van der Waals surface area contributed by atoms with E-state index in [2.05, 4.69) is 14.5 Å². The van der Waals surface area contributed by atoms with Gasteiger partial charge in [0.2, 0.25) is 5.91 Å². The van der Waals surface area contributed by atoms with E-state index in [1.807, 2.05) is 50.4 Å². The standard InChI is InChI=1S/C22H32N4O3/c1-16-12-19(28-4)20(29-5)13-18(16)14-25(3)22(27)17-6-9-26(10-7-17)15-21-23-8-11-24(21)2/h8,11-13,17H,6-7,9-10,14-15H2,1-5H3. The molecule has 1 aliphatic heterocycles. The molecule has 0 saturated carbocycles. The predicted octanol–water partition coefficient (Wildman–Crippen LogP) is 2.62. The summed E-state index contributed by atoms with van der Waals surface area (Å²) in [6.45, 7) is 5.29.